The van der Waals surface area contributed by atoms with E-state index in [1.165, 1.54) is 42.7 Å². The number of piperazine rings is 1. The molecule has 2 amide bonds. The highest BCUT2D eigenvalue weighted by Gasteiger charge is 2.30. The molecule has 2 aromatic rings. The summed E-state index contributed by atoms with van der Waals surface area (Å²) < 4.78 is 32.0. The molecule has 2 N–H and O–H groups in total. The first-order valence-corrected chi connectivity index (χ1v) is 13.0. The molecule has 176 valence electrons. The average Bonchev–Trinajstić information content (AvgIpc) is 2.98. The molecule has 0 unspecified atom stereocenters. The topological polar surface area (TPSA) is 122 Å². The molecule has 11 heteroatoms. The minimum atomic E-state index is -3.93. The molecule has 1 aromatic heterocycles. The van der Waals surface area contributed by atoms with Crippen molar-refractivity contribution >= 4 is 44.1 Å². The van der Waals surface area contributed by atoms with Gasteiger partial charge in [0.2, 0.25) is 15.9 Å². The summed E-state index contributed by atoms with van der Waals surface area (Å²) in [6, 6.07) is 5.67. The summed E-state index contributed by atoms with van der Waals surface area (Å²) >= 11 is 1.37. The molecular weight excluding hydrogens is 466 g/mol. The molecule has 9 nitrogen and oxygen atoms in total. The second-order valence-corrected chi connectivity index (χ2v) is 11.0. The van der Waals surface area contributed by atoms with Gasteiger partial charge in [-0.1, -0.05) is 12.5 Å². The molecule has 33 heavy (non-hydrogen) atoms. The smallest absolute Gasteiger partial charge is 0.341 e. The minimum absolute atomic E-state index is 0.0694. The molecule has 0 bridgehead atoms. The van der Waals surface area contributed by atoms with Gasteiger partial charge in [-0.15, -0.1) is 11.3 Å². The van der Waals surface area contributed by atoms with Gasteiger partial charge in [0.25, 0.3) is 5.91 Å². The van der Waals surface area contributed by atoms with Gasteiger partial charge in [-0.3, -0.25) is 9.59 Å². The average molecular weight is 492 g/mol. The molecule has 1 fully saturated rings. The van der Waals surface area contributed by atoms with Crippen LogP contribution >= 0.6 is 11.3 Å². The van der Waals surface area contributed by atoms with E-state index in [9.17, 15) is 22.8 Å². The van der Waals surface area contributed by atoms with Crippen molar-refractivity contribution in [3.05, 3.63) is 45.8 Å². The fourth-order valence-electron chi connectivity index (χ4n) is 4.09. The number of carbonyl (C=O) groups excluding carboxylic acids is 3. The predicted molar refractivity (Wildman–Crippen MR) is 123 cm³/mol. The molecule has 0 radical (unpaired) electrons. The fraction of sp³-hybridized carbons (Fsp3) is 0.409. The number of benzene rings is 1. The van der Waals surface area contributed by atoms with E-state index in [2.05, 4.69) is 10.6 Å². The van der Waals surface area contributed by atoms with Crippen molar-refractivity contribution in [2.24, 2.45) is 0 Å². The molecular formula is C22H25N3O6S2. The highest BCUT2D eigenvalue weighted by molar-refractivity contribution is 7.89. The Labute approximate surface area is 196 Å². The Morgan fingerprint density at radius 2 is 1.97 bits per heavy atom. The number of amides is 2. The Balaban J connectivity index is 1.61. The number of rotatable bonds is 5. The number of thiophene rings is 1. The van der Waals surface area contributed by atoms with E-state index >= 15 is 0 Å². The van der Waals surface area contributed by atoms with Gasteiger partial charge in [0, 0.05) is 23.5 Å². The largest absolute Gasteiger partial charge is 0.465 e. The number of esters is 1. The van der Waals surface area contributed by atoms with Crippen LogP contribution in [0.1, 0.15) is 50.4 Å². The summed E-state index contributed by atoms with van der Waals surface area (Å²) in [6.45, 7) is 0.132. The van der Waals surface area contributed by atoms with Crippen molar-refractivity contribution in [3.63, 3.8) is 0 Å². The van der Waals surface area contributed by atoms with E-state index in [1.807, 2.05) is 0 Å². The van der Waals surface area contributed by atoms with Crippen LogP contribution in [0, 0.1) is 0 Å². The predicted octanol–water partition coefficient (Wildman–Crippen LogP) is 2.18. The highest BCUT2D eigenvalue weighted by Crippen LogP contribution is 2.38. The minimum Gasteiger partial charge on any atom is -0.465 e. The first-order valence-electron chi connectivity index (χ1n) is 10.7. The van der Waals surface area contributed by atoms with Crippen molar-refractivity contribution in [2.75, 3.05) is 32.1 Å². The van der Waals surface area contributed by atoms with Crippen LogP contribution in [0.2, 0.25) is 0 Å². The number of methoxy groups -OCH3 is 1. The van der Waals surface area contributed by atoms with Crippen LogP contribution in [0.5, 0.6) is 0 Å². The number of ether oxygens (including phenoxy) is 1. The zero-order chi connectivity index (χ0) is 23.6. The van der Waals surface area contributed by atoms with Crippen LogP contribution < -0.4 is 10.6 Å². The number of carbonyl (C=O) groups is 3. The molecule has 1 saturated heterocycles. The molecule has 1 aliphatic heterocycles. The fourth-order valence-corrected chi connectivity index (χ4v) is 6.81. The van der Waals surface area contributed by atoms with E-state index in [-0.39, 0.29) is 36.0 Å². The lowest BCUT2D eigenvalue weighted by molar-refractivity contribution is -0.122. The van der Waals surface area contributed by atoms with E-state index in [0.29, 0.717) is 10.6 Å². The normalized spacial score (nSPS) is 16.9. The van der Waals surface area contributed by atoms with Gasteiger partial charge < -0.3 is 15.4 Å². The van der Waals surface area contributed by atoms with Gasteiger partial charge >= 0.3 is 5.97 Å². The van der Waals surface area contributed by atoms with Gasteiger partial charge in [-0.25, -0.2) is 13.2 Å². The van der Waals surface area contributed by atoms with Gasteiger partial charge in [-0.05, 0) is 49.4 Å². The highest BCUT2D eigenvalue weighted by atomic mass is 32.2. The third kappa shape index (κ3) is 4.80. The van der Waals surface area contributed by atoms with Crippen molar-refractivity contribution in [2.45, 2.75) is 37.0 Å². The zero-order valence-corrected chi connectivity index (χ0v) is 19.8. The van der Waals surface area contributed by atoms with Crippen molar-refractivity contribution in [3.8, 4) is 0 Å². The molecule has 2 heterocycles. The SMILES string of the molecule is COC(=O)c1c(NC(=O)c2cccc(S(=O)(=O)N3CCNC(=O)C3)c2)sc2c1CCCCC2. The zero-order valence-electron chi connectivity index (χ0n) is 18.2. The van der Waals surface area contributed by atoms with Crippen molar-refractivity contribution in [1.82, 2.24) is 9.62 Å². The maximum absolute atomic E-state index is 13.0. The van der Waals surface area contributed by atoms with Gasteiger partial charge in [-0.2, -0.15) is 4.31 Å². The summed E-state index contributed by atoms with van der Waals surface area (Å²) in [7, 11) is -2.63. The summed E-state index contributed by atoms with van der Waals surface area (Å²) in [5, 5.41) is 5.80. The number of fused-ring (bicyclic) bond motifs is 1. The van der Waals surface area contributed by atoms with Crippen LogP contribution in [-0.2, 0) is 32.4 Å². The van der Waals surface area contributed by atoms with E-state index < -0.39 is 21.9 Å². The van der Waals surface area contributed by atoms with Crippen LogP contribution in [0.15, 0.2) is 29.2 Å². The molecule has 2 aliphatic rings. The van der Waals surface area contributed by atoms with E-state index in [0.717, 1.165) is 46.8 Å². The lowest BCUT2D eigenvalue weighted by atomic mass is 10.1. The first kappa shape index (κ1) is 23.4. The monoisotopic (exact) mass is 491 g/mol. The first-order chi connectivity index (χ1) is 15.8. The third-order valence-electron chi connectivity index (χ3n) is 5.78. The molecule has 4 rings (SSSR count). The van der Waals surface area contributed by atoms with Gasteiger partial charge in [0.1, 0.15) is 5.00 Å². The van der Waals surface area contributed by atoms with Crippen LogP contribution in [0.4, 0.5) is 5.00 Å². The van der Waals surface area contributed by atoms with E-state index in [4.69, 9.17) is 4.74 Å². The summed E-state index contributed by atoms with van der Waals surface area (Å²) in [4.78, 5) is 38.2. The number of anilines is 1. The summed E-state index contributed by atoms with van der Waals surface area (Å²) in [5.41, 5.74) is 1.45. The maximum atomic E-state index is 13.0. The number of sulfonamides is 1. The molecule has 1 aliphatic carbocycles. The second kappa shape index (κ2) is 9.62. The number of aryl methyl sites for hydroxylation is 1. The molecule has 0 spiro atoms. The van der Waals surface area contributed by atoms with Gasteiger partial charge in [0.15, 0.2) is 0 Å². The number of hydrogen-bond acceptors (Lipinski definition) is 7. The number of nitrogens with one attached hydrogen (secondary N) is 2. The quantitative estimate of drug-likeness (QED) is 0.488. The van der Waals surface area contributed by atoms with Crippen molar-refractivity contribution < 1.29 is 27.5 Å². The maximum Gasteiger partial charge on any atom is 0.341 e. The molecule has 0 saturated carbocycles. The Morgan fingerprint density at radius 1 is 1.18 bits per heavy atom. The molecule has 1 aromatic carbocycles. The second-order valence-electron chi connectivity index (χ2n) is 7.93. The lowest BCUT2D eigenvalue weighted by Gasteiger charge is -2.26. The Hall–Kier alpha value is -2.76. The lowest BCUT2D eigenvalue weighted by Crippen LogP contribution is -2.49. The summed E-state index contributed by atoms with van der Waals surface area (Å²) in [5.74, 6) is -1.39. The van der Waals surface area contributed by atoms with E-state index in [1.54, 1.807) is 0 Å². The van der Waals surface area contributed by atoms with Crippen LogP contribution in [-0.4, -0.2) is 57.3 Å². The Morgan fingerprint density at radius 3 is 2.73 bits per heavy atom. The molecule has 0 atom stereocenters. The number of hydrogen-bond donors (Lipinski definition) is 2. The standard InChI is InChI=1S/C22H25N3O6S2/c1-31-22(28)19-16-8-3-2-4-9-17(16)32-21(19)24-20(27)14-6-5-7-15(12-14)33(29,30)25-11-10-23-18(26)13-25/h5-7,12H,2-4,8-11,13H2,1H3,(H,23,26)(H,24,27). The van der Waals surface area contributed by atoms with Gasteiger partial charge in [0.05, 0.1) is 24.1 Å². The number of nitrogens with zero attached hydrogens (tertiary/aromatic N) is 1. The van der Waals surface area contributed by atoms with Crippen molar-refractivity contribution in [1.29, 1.82) is 0 Å². The summed E-state index contributed by atoms with van der Waals surface area (Å²) in [6.07, 6.45) is 4.68. The van der Waals surface area contributed by atoms with Crippen LogP contribution in [0.25, 0.3) is 0 Å². The van der Waals surface area contributed by atoms with Crippen LogP contribution in [0.3, 0.4) is 0 Å². The Kier molecular flexibility index (Phi) is 6.82. The third-order valence-corrected chi connectivity index (χ3v) is 8.82. The Bertz CT molecular complexity index is 1200.